The number of pyridine rings is 1. The Morgan fingerprint density at radius 1 is 1.23 bits per heavy atom. The van der Waals surface area contributed by atoms with Gasteiger partial charge >= 0.3 is 0 Å². The summed E-state index contributed by atoms with van der Waals surface area (Å²) >= 11 is 1.35. The molecular weight excluding hydrogens is 348 g/mol. The molecule has 1 N–H and O–H groups in total. The minimum absolute atomic E-state index is 0.231. The summed E-state index contributed by atoms with van der Waals surface area (Å²) in [7, 11) is 0. The van der Waals surface area contributed by atoms with Gasteiger partial charge < -0.3 is 9.73 Å². The van der Waals surface area contributed by atoms with Crippen molar-refractivity contribution in [2.45, 2.75) is 6.54 Å². The van der Waals surface area contributed by atoms with Crippen LogP contribution in [-0.2, 0) is 6.54 Å². The van der Waals surface area contributed by atoms with E-state index < -0.39 is 0 Å². The second-order valence-corrected chi connectivity index (χ2v) is 6.90. The minimum atomic E-state index is -0.231. The largest absolute Gasteiger partial charge is 0.472 e. The molecule has 0 unspecified atom stereocenters. The van der Waals surface area contributed by atoms with E-state index in [2.05, 4.69) is 20.3 Å². The molecule has 7 heteroatoms. The van der Waals surface area contributed by atoms with Crippen LogP contribution in [0.4, 0.5) is 5.69 Å². The predicted octanol–water partition coefficient (Wildman–Crippen LogP) is 3.89. The Hall–Kier alpha value is -3.32. The number of hydrogen-bond acceptors (Lipinski definition) is 6. The van der Waals surface area contributed by atoms with Gasteiger partial charge in [-0.1, -0.05) is 6.07 Å². The number of nitrogens with one attached hydrogen (secondary N) is 1. The minimum Gasteiger partial charge on any atom is -0.472 e. The first kappa shape index (κ1) is 15.0. The Balaban J connectivity index is 1.44. The summed E-state index contributed by atoms with van der Waals surface area (Å²) in [5, 5.41) is 3.34. The molecule has 4 aromatic rings. The zero-order valence-corrected chi connectivity index (χ0v) is 14.3. The van der Waals surface area contributed by atoms with Gasteiger partial charge in [-0.3, -0.25) is 14.8 Å². The van der Waals surface area contributed by atoms with E-state index in [1.165, 1.54) is 11.3 Å². The molecule has 0 spiro atoms. The van der Waals surface area contributed by atoms with Crippen LogP contribution in [0.2, 0.25) is 0 Å². The summed E-state index contributed by atoms with van der Waals surface area (Å²) in [6.45, 7) is 0.634. The number of amides is 1. The van der Waals surface area contributed by atoms with Crippen molar-refractivity contribution in [3.8, 4) is 0 Å². The summed E-state index contributed by atoms with van der Waals surface area (Å²) in [4.78, 5) is 25.5. The molecule has 0 aliphatic carbocycles. The number of fused-ring (bicyclic) bond motifs is 2. The number of aliphatic imine (C=N–C) groups is 1. The number of carbonyl (C=O) groups excluding carboxylic acids is 1. The van der Waals surface area contributed by atoms with Crippen LogP contribution < -0.4 is 5.32 Å². The van der Waals surface area contributed by atoms with Gasteiger partial charge in [0.2, 0.25) is 0 Å². The molecule has 0 atom stereocenters. The summed E-state index contributed by atoms with van der Waals surface area (Å²) in [5.74, 6) is -0.231. The molecule has 0 fully saturated rings. The summed E-state index contributed by atoms with van der Waals surface area (Å²) in [6.07, 6.45) is 6.66. The highest BCUT2D eigenvalue weighted by molar-refractivity contribution is 7.20. The van der Waals surface area contributed by atoms with Gasteiger partial charge in [-0.25, -0.2) is 4.98 Å². The molecule has 6 nitrogen and oxygen atoms in total. The number of carbonyl (C=O) groups is 1. The first-order chi connectivity index (χ1) is 12.8. The molecule has 0 radical (unpaired) electrons. The number of thiazole rings is 1. The average Bonchev–Trinajstić information content (AvgIpc) is 3.39. The van der Waals surface area contributed by atoms with Gasteiger partial charge in [-0.05, 0) is 29.8 Å². The SMILES string of the molecule is O=C(Nc1ccc2c(c1)C(c1ccoc1)=NC2)c1nc2cnccc2s1. The Labute approximate surface area is 152 Å². The smallest absolute Gasteiger partial charge is 0.284 e. The number of rotatable bonds is 3. The number of benzene rings is 1. The van der Waals surface area contributed by atoms with E-state index in [9.17, 15) is 4.79 Å². The number of nitrogens with zero attached hydrogens (tertiary/aromatic N) is 3. The third-order valence-electron chi connectivity index (χ3n) is 4.21. The van der Waals surface area contributed by atoms with Crippen molar-refractivity contribution < 1.29 is 9.21 Å². The highest BCUT2D eigenvalue weighted by Crippen LogP contribution is 2.27. The van der Waals surface area contributed by atoms with Crippen LogP contribution in [0.3, 0.4) is 0 Å². The van der Waals surface area contributed by atoms with Gasteiger partial charge in [-0.2, -0.15) is 0 Å². The van der Waals surface area contributed by atoms with Gasteiger partial charge in [0.05, 0.1) is 35.7 Å². The van der Waals surface area contributed by atoms with E-state index in [0.717, 1.165) is 32.6 Å². The van der Waals surface area contributed by atoms with Crippen LogP contribution >= 0.6 is 11.3 Å². The number of hydrogen-bond donors (Lipinski definition) is 1. The first-order valence-corrected chi connectivity index (χ1v) is 8.82. The van der Waals surface area contributed by atoms with E-state index in [1.807, 2.05) is 30.3 Å². The molecule has 1 aliphatic heterocycles. The molecule has 0 saturated heterocycles. The van der Waals surface area contributed by atoms with E-state index in [-0.39, 0.29) is 5.91 Å². The lowest BCUT2D eigenvalue weighted by Gasteiger charge is -2.07. The summed E-state index contributed by atoms with van der Waals surface area (Å²) in [5.41, 5.74) is 5.40. The van der Waals surface area contributed by atoms with Gasteiger partial charge in [-0.15, -0.1) is 11.3 Å². The van der Waals surface area contributed by atoms with Crippen LogP contribution in [0.5, 0.6) is 0 Å². The second kappa shape index (κ2) is 5.89. The van der Waals surface area contributed by atoms with Crippen LogP contribution in [0.1, 0.15) is 26.5 Å². The Kier molecular flexibility index (Phi) is 3.39. The highest BCUT2D eigenvalue weighted by atomic mass is 32.1. The Morgan fingerprint density at radius 3 is 3.04 bits per heavy atom. The summed E-state index contributed by atoms with van der Waals surface area (Å²) < 4.78 is 6.10. The fourth-order valence-electron chi connectivity index (χ4n) is 2.97. The number of aromatic nitrogens is 2. The van der Waals surface area contributed by atoms with Gasteiger partial charge in [0.1, 0.15) is 5.52 Å². The van der Waals surface area contributed by atoms with Crippen molar-refractivity contribution in [3.05, 3.63) is 76.9 Å². The van der Waals surface area contributed by atoms with Crippen molar-refractivity contribution in [2.24, 2.45) is 4.99 Å². The van der Waals surface area contributed by atoms with Gasteiger partial charge in [0.25, 0.3) is 5.91 Å². The van der Waals surface area contributed by atoms with Crippen molar-refractivity contribution in [3.63, 3.8) is 0 Å². The Bertz CT molecular complexity index is 1130. The number of anilines is 1. The van der Waals surface area contributed by atoms with Gasteiger partial charge in [0, 0.05) is 23.0 Å². The lowest BCUT2D eigenvalue weighted by molar-refractivity contribution is 0.102. The van der Waals surface area contributed by atoms with Crippen LogP contribution in [0.15, 0.2) is 64.7 Å². The summed E-state index contributed by atoms with van der Waals surface area (Å²) in [6, 6.07) is 9.56. The van der Waals surface area contributed by atoms with Crippen molar-refractivity contribution in [1.29, 1.82) is 0 Å². The van der Waals surface area contributed by atoms with Crippen LogP contribution in [0, 0.1) is 0 Å². The van der Waals surface area contributed by atoms with Crippen LogP contribution in [-0.4, -0.2) is 21.6 Å². The zero-order chi connectivity index (χ0) is 17.5. The lowest BCUT2D eigenvalue weighted by Crippen LogP contribution is -2.12. The topological polar surface area (TPSA) is 80.4 Å². The molecule has 26 heavy (non-hydrogen) atoms. The van der Waals surface area contributed by atoms with Crippen molar-refractivity contribution in [2.75, 3.05) is 5.32 Å². The van der Waals surface area contributed by atoms with Crippen molar-refractivity contribution >= 4 is 38.9 Å². The maximum atomic E-state index is 12.6. The average molecular weight is 360 g/mol. The molecule has 1 amide bonds. The third kappa shape index (κ3) is 2.49. The fraction of sp³-hybridized carbons (Fsp3) is 0.0526. The third-order valence-corrected chi connectivity index (χ3v) is 5.24. The zero-order valence-electron chi connectivity index (χ0n) is 13.5. The standard InChI is InChI=1S/C19H12N4O2S/c24-18(19-23-15-9-20-5-3-16(15)26-19)22-13-2-1-11-8-21-17(14(11)7-13)12-4-6-25-10-12/h1-7,9-10H,8H2,(H,22,24). The van der Waals surface area contributed by atoms with Crippen LogP contribution in [0.25, 0.3) is 10.2 Å². The molecule has 1 aliphatic rings. The molecular formula is C19H12N4O2S. The van der Waals surface area contributed by atoms with E-state index in [1.54, 1.807) is 24.9 Å². The highest BCUT2D eigenvalue weighted by Gasteiger charge is 2.20. The van der Waals surface area contributed by atoms with E-state index >= 15 is 0 Å². The second-order valence-electron chi connectivity index (χ2n) is 5.87. The fourth-order valence-corrected chi connectivity index (χ4v) is 3.80. The maximum absolute atomic E-state index is 12.6. The van der Waals surface area contributed by atoms with Crippen molar-refractivity contribution in [1.82, 2.24) is 9.97 Å². The number of furan rings is 1. The normalized spacial score (nSPS) is 12.8. The molecule has 126 valence electrons. The monoisotopic (exact) mass is 360 g/mol. The first-order valence-electron chi connectivity index (χ1n) is 8.00. The van der Waals surface area contributed by atoms with Gasteiger partial charge in [0.15, 0.2) is 5.01 Å². The molecule has 3 aromatic heterocycles. The quantitative estimate of drug-likeness (QED) is 0.601. The maximum Gasteiger partial charge on any atom is 0.284 e. The van der Waals surface area contributed by atoms with E-state index in [0.29, 0.717) is 17.2 Å². The molecule has 5 rings (SSSR count). The molecule has 4 heterocycles. The molecule has 1 aromatic carbocycles. The Morgan fingerprint density at radius 2 is 2.19 bits per heavy atom. The molecule has 0 bridgehead atoms. The predicted molar refractivity (Wildman–Crippen MR) is 99.9 cm³/mol. The lowest BCUT2D eigenvalue weighted by atomic mass is 10.0. The van der Waals surface area contributed by atoms with E-state index in [4.69, 9.17) is 4.42 Å². The molecule has 0 saturated carbocycles.